The molecule has 1 aromatic heterocycles. The summed E-state index contributed by atoms with van der Waals surface area (Å²) in [5, 5.41) is 9.08. The predicted octanol–water partition coefficient (Wildman–Crippen LogP) is 3.88. The van der Waals surface area contributed by atoms with Gasteiger partial charge < -0.3 is 4.74 Å². The maximum absolute atomic E-state index is 12.0. The number of rotatable bonds is 2. The van der Waals surface area contributed by atoms with Gasteiger partial charge in [-0.2, -0.15) is 5.10 Å². The van der Waals surface area contributed by atoms with E-state index in [9.17, 15) is 4.79 Å². The lowest BCUT2D eigenvalue weighted by atomic mass is 9.90. The molecule has 1 heterocycles. The quantitative estimate of drug-likeness (QED) is 0.790. The number of methoxy groups -OCH3 is 1. The molecule has 0 amide bonds. The molecular weight excluding hydrogens is 288 g/mol. The Balaban J connectivity index is 2.60. The predicted molar refractivity (Wildman–Crippen MR) is 82.5 cm³/mol. The first-order chi connectivity index (χ1) is 9.82. The van der Waals surface area contributed by atoms with E-state index >= 15 is 0 Å². The molecule has 2 aromatic rings. The van der Waals surface area contributed by atoms with E-state index in [-0.39, 0.29) is 5.41 Å². The van der Waals surface area contributed by atoms with Crippen LogP contribution in [0.3, 0.4) is 0 Å². The highest BCUT2D eigenvalue weighted by Crippen LogP contribution is 2.27. The SMILES string of the molecule is COC(=O)c1cc(C(C)(C)C)nnc1-c1ccc(Cl)cc1. The van der Waals surface area contributed by atoms with Crippen molar-refractivity contribution in [2.75, 3.05) is 7.11 Å². The topological polar surface area (TPSA) is 52.1 Å². The Morgan fingerprint density at radius 3 is 2.29 bits per heavy atom. The number of ether oxygens (including phenoxy) is 1. The Bertz CT molecular complexity index is 661. The largest absolute Gasteiger partial charge is 0.465 e. The molecule has 0 saturated heterocycles. The van der Waals surface area contributed by atoms with E-state index in [1.54, 1.807) is 30.3 Å². The van der Waals surface area contributed by atoms with Crippen LogP contribution in [0.5, 0.6) is 0 Å². The molecule has 0 fully saturated rings. The van der Waals surface area contributed by atoms with Gasteiger partial charge in [0.05, 0.1) is 18.4 Å². The van der Waals surface area contributed by atoms with Crippen LogP contribution in [0.1, 0.15) is 36.8 Å². The van der Waals surface area contributed by atoms with Crippen LogP contribution in [0.15, 0.2) is 30.3 Å². The molecule has 0 unspecified atom stereocenters. The summed E-state index contributed by atoms with van der Waals surface area (Å²) in [5.74, 6) is -0.430. The highest BCUT2D eigenvalue weighted by molar-refractivity contribution is 6.30. The molecule has 2 rings (SSSR count). The van der Waals surface area contributed by atoms with Crippen LogP contribution in [-0.2, 0) is 10.2 Å². The summed E-state index contributed by atoms with van der Waals surface area (Å²) in [7, 11) is 1.35. The Kier molecular flexibility index (Phi) is 4.28. The second kappa shape index (κ2) is 5.82. The molecule has 110 valence electrons. The molecule has 0 atom stereocenters. The highest BCUT2D eigenvalue weighted by atomic mass is 35.5. The van der Waals surface area contributed by atoms with Crippen molar-refractivity contribution < 1.29 is 9.53 Å². The average Bonchev–Trinajstić information content (AvgIpc) is 2.46. The Labute approximate surface area is 129 Å². The van der Waals surface area contributed by atoms with E-state index in [1.807, 2.05) is 20.8 Å². The maximum Gasteiger partial charge on any atom is 0.340 e. The lowest BCUT2D eigenvalue weighted by molar-refractivity contribution is 0.0600. The summed E-state index contributed by atoms with van der Waals surface area (Å²) in [5.41, 5.74) is 2.20. The summed E-state index contributed by atoms with van der Waals surface area (Å²) < 4.78 is 4.86. The van der Waals surface area contributed by atoms with Crippen molar-refractivity contribution in [2.24, 2.45) is 0 Å². The van der Waals surface area contributed by atoms with Gasteiger partial charge in [-0.25, -0.2) is 4.79 Å². The van der Waals surface area contributed by atoms with Gasteiger partial charge in [-0.05, 0) is 18.2 Å². The lowest BCUT2D eigenvalue weighted by Gasteiger charge is -2.18. The summed E-state index contributed by atoms with van der Waals surface area (Å²) in [4.78, 5) is 12.0. The fourth-order valence-electron chi connectivity index (χ4n) is 1.84. The fraction of sp³-hybridized carbons (Fsp3) is 0.312. The molecule has 0 radical (unpaired) electrons. The van der Waals surface area contributed by atoms with Gasteiger partial charge in [-0.1, -0.05) is 44.5 Å². The molecule has 21 heavy (non-hydrogen) atoms. The van der Waals surface area contributed by atoms with Gasteiger partial charge in [-0.3, -0.25) is 0 Å². The number of carbonyl (C=O) groups excluding carboxylic acids is 1. The van der Waals surface area contributed by atoms with E-state index < -0.39 is 5.97 Å². The second-order valence-corrected chi connectivity index (χ2v) is 6.18. The van der Waals surface area contributed by atoms with Crippen LogP contribution in [0.25, 0.3) is 11.3 Å². The number of carbonyl (C=O) groups is 1. The smallest absolute Gasteiger partial charge is 0.340 e. The van der Waals surface area contributed by atoms with E-state index in [1.165, 1.54) is 7.11 Å². The Morgan fingerprint density at radius 2 is 1.76 bits per heavy atom. The second-order valence-electron chi connectivity index (χ2n) is 5.74. The van der Waals surface area contributed by atoms with E-state index in [2.05, 4.69) is 10.2 Å². The Hall–Kier alpha value is -1.94. The third-order valence-corrected chi connectivity index (χ3v) is 3.34. The van der Waals surface area contributed by atoms with Crippen LogP contribution < -0.4 is 0 Å². The summed E-state index contributed by atoms with van der Waals surface area (Å²) >= 11 is 5.89. The van der Waals surface area contributed by atoms with Crippen molar-refractivity contribution in [2.45, 2.75) is 26.2 Å². The molecule has 0 aliphatic rings. The van der Waals surface area contributed by atoms with Crippen molar-refractivity contribution in [1.82, 2.24) is 10.2 Å². The summed E-state index contributed by atoms with van der Waals surface area (Å²) in [6.45, 7) is 6.04. The molecule has 0 N–H and O–H groups in total. The average molecular weight is 305 g/mol. The number of nitrogens with zero attached hydrogens (tertiary/aromatic N) is 2. The molecule has 0 aliphatic carbocycles. The highest BCUT2D eigenvalue weighted by Gasteiger charge is 2.22. The van der Waals surface area contributed by atoms with Crippen molar-refractivity contribution in [1.29, 1.82) is 0 Å². The number of aromatic nitrogens is 2. The Morgan fingerprint density at radius 1 is 1.14 bits per heavy atom. The standard InChI is InChI=1S/C16H17ClN2O2/c1-16(2,3)13-9-12(15(20)21-4)14(19-18-13)10-5-7-11(17)8-6-10/h5-9H,1-4H3. The minimum atomic E-state index is -0.430. The normalized spacial score (nSPS) is 11.3. The molecule has 0 bridgehead atoms. The van der Waals surface area contributed by atoms with Gasteiger partial charge in [0.25, 0.3) is 0 Å². The van der Waals surface area contributed by atoms with Crippen LogP contribution in [0, 0.1) is 0 Å². The molecule has 5 heteroatoms. The first-order valence-electron chi connectivity index (χ1n) is 6.55. The minimum absolute atomic E-state index is 0.200. The molecule has 0 spiro atoms. The van der Waals surface area contributed by atoms with Crippen molar-refractivity contribution >= 4 is 17.6 Å². The summed E-state index contributed by atoms with van der Waals surface area (Å²) in [6, 6.07) is 8.84. The van der Waals surface area contributed by atoms with E-state index in [4.69, 9.17) is 16.3 Å². The van der Waals surface area contributed by atoms with E-state index in [0.29, 0.717) is 16.3 Å². The van der Waals surface area contributed by atoms with Crippen LogP contribution >= 0.6 is 11.6 Å². The minimum Gasteiger partial charge on any atom is -0.465 e. The zero-order valence-electron chi connectivity index (χ0n) is 12.5. The molecule has 4 nitrogen and oxygen atoms in total. The van der Waals surface area contributed by atoms with Gasteiger partial charge in [0.2, 0.25) is 0 Å². The van der Waals surface area contributed by atoms with Crippen LogP contribution in [0.2, 0.25) is 5.02 Å². The van der Waals surface area contributed by atoms with Crippen molar-refractivity contribution in [3.05, 3.63) is 46.6 Å². The molecular formula is C16H17ClN2O2. The molecule has 0 saturated carbocycles. The first kappa shape index (κ1) is 15.4. The van der Waals surface area contributed by atoms with Gasteiger partial charge in [0, 0.05) is 16.0 Å². The maximum atomic E-state index is 12.0. The monoisotopic (exact) mass is 304 g/mol. The third kappa shape index (κ3) is 3.39. The van der Waals surface area contributed by atoms with Crippen LogP contribution in [0.4, 0.5) is 0 Å². The van der Waals surface area contributed by atoms with Crippen molar-refractivity contribution in [3.8, 4) is 11.3 Å². The number of esters is 1. The number of hydrogen-bond donors (Lipinski definition) is 0. The zero-order valence-corrected chi connectivity index (χ0v) is 13.2. The molecule has 0 aliphatic heterocycles. The third-order valence-electron chi connectivity index (χ3n) is 3.09. The number of benzene rings is 1. The van der Waals surface area contributed by atoms with Gasteiger partial charge in [0.15, 0.2) is 0 Å². The number of halogens is 1. The fourth-order valence-corrected chi connectivity index (χ4v) is 1.97. The van der Waals surface area contributed by atoms with Gasteiger partial charge in [0.1, 0.15) is 5.69 Å². The van der Waals surface area contributed by atoms with Gasteiger partial charge in [-0.15, -0.1) is 5.10 Å². The van der Waals surface area contributed by atoms with E-state index in [0.717, 1.165) is 11.3 Å². The first-order valence-corrected chi connectivity index (χ1v) is 6.93. The van der Waals surface area contributed by atoms with Gasteiger partial charge >= 0.3 is 5.97 Å². The summed E-state index contributed by atoms with van der Waals surface area (Å²) in [6.07, 6.45) is 0. The lowest BCUT2D eigenvalue weighted by Crippen LogP contribution is -2.17. The van der Waals surface area contributed by atoms with Crippen LogP contribution in [-0.4, -0.2) is 23.3 Å². The zero-order chi connectivity index (χ0) is 15.6. The van der Waals surface area contributed by atoms with Crippen molar-refractivity contribution in [3.63, 3.8) is 0 Å². The molecule has 1 aromatic carbocycles. The number of hydrogen-bond acceptors (Lipinski definition) is 4.